The normalized spacial score (nSPS) is 17.3. The third-order valence-corrected chi connectivity index (χ3v) is 5.44. The monoisotopic (exact) mass is 445 g/mol. The topological polar surface area (TPSA) is 96.3 Å². The molecule has 1 saturated heterocycles. The molecule has 33 heavy (non-hydrogen) atoms. The lowest BCUT2D eigenvalue weighted by molar-refractivity contribution is -0.132. The van der Waals surface area contributed by atoms with E-state index in [0.717, 1.165) is 0 Å². The Morgan fingerprint density at radius 3 is 2.33 bits per heavy atom. The summed E-state index contributed by atoms with van der Waals surface area (Å²) in [5, 5.41) is 21.1. The number of hydrogen-bond donors (Lipinski definition) is 2. The van der Waals surface area contributed by atoms with E-state index in [9.17, 15) is 19.8 Å². The van der Waals surface area contributed by atoms with Crippen LogP contribution in [-0.2, 0) is 9.59 Å². The second-order valence-electron chi connectivity index (χ2n) is 7.39. The molecule has 7 nitrogen and oxygen atoms in total. The predicted molar refractivity (Wildman–Crippen MR) is 123 cm³/mol. The van der Waals surface area contributed by atoms with Crippen LogP contribution in [0.15, 0.2) is 78.4 Å². The minimum Gasteiger partial charge on any atom is -0.507 e. The first kappa shape index (κ1) is 22.0. The number of aliphatic hydroxyl groups excluding tert-OH is 1. The number of methoxy groups -OCH3 is 1. The van der Waals surface area contributed by atoms with Gasteiger partial charge in [0.05, 0.1) is 25.3 Å². The van der Waals surface area contributed by atoms with Crippen LogP contribution in [0.2, 0.25) is 0 Å². The molecule has 1 atom stereocenters. The van der Waals surface area contributed by atoms with E-state index in [1.165, 1.54) is 18.1 Å². The van der Waals surface area contributed by atoms with Gasteiger partial charge >= 0.3 is 0 Å². The van der Waals surface area contributed by atoms with Gasteiger partial charge < -0.3 is 19.7 Å². The van der Waals surface area contributed by atoms with Crippen LogP contribution in [0, 0.1) is 0 Å². The number of Topliss-reactive ketones (excluding diaryl/α,β-unsaturated/α-hetero) is 1. The first-order chi connectivity index (χ1) is 16.0. The van der Waals surface area contributed by atoms with E-state index >= 15 is 0 Å². The third kappa shape index (κ3) is 4.01. The van der Waals surface area contributed by atoms with Crippen molar-refractivity contribution in [1.29, 1.82) is 0 Å². The fourth-order valence-electron chi connectivity index (χ4n) is 3.90. The predicted octanol–water partition coefficient (Wildman–Crippen LogP) is 4.43. The van der Waals surface area contributed by atoms with Crippen molar-refractivity contribution in [2.75, 3.05) is 18.6 Å². The molecule has 1 aliphatic heterocycles. The SMILES string of the molecule is CCOc1ccc(N2C(=O)C(=O)/C(=C(\O)c3ccccc3)C2c2ccc(O)c(OC)c2)cc1. The second kappa shape index (κ2) is 9.08. The highest BCUT2D eigenvalue weighted by molar-refractivity contribution is 6.51. The maximum atomic E-state index is 13.2. The van der Waals surface area contributed by atoms with Crippen LogP contribution in [0.25, 0.3) is 5.76 Å². The van der Waals surface area contributed by atoms with Gasteiger partial charge in [-0.25, -0.2) is 0 Å². The Balaban J connectivity index is 1.92. The quantitative estimate of drug-likeness (QED) is 0.331. The second-order valence-corrected chi connectivity index (χ2v) is 7.39. The van der Waals surface area contributed by atoms with E-state index in [0.29, 0.717) is 29.2 Å². The molecular weight excluding hydrogens is 422 g/mol. The molecule has 0 aliphatic carbocycles. The molecule has 1 unspecified atom stereocenters. The number of carbonyl (C=O) groups excluding carboxylic acids is 2. The van der Waals surface area contributed by atoms with Gasteiger partial charge in [-0.2, -0.15) is 0 Å². The molecule has 168 valence electrons. The summed E-state index contributed by atoms with van der Waals surface area (Å²) in [6.45, 7) is 2.36. The fourth-order valence-corrected chi connectivity index (χ4v) is 3.90. The molecule has 3 aromatic rings. The Bertz CT molecular complexity index is 1220. The molecule has 1 amide bonds. The number of phenolic OH excluding ortho intramolecular Hbond substituents is 1. The number of phenols is 1. The number of ether oxygens (including phenoxy) is 2. The minimum absolute atomic E-state index is 0.0483. The highest BCUT2D eigenvalue weighted by atomic mass is 16.5. The van der Waals surface area contributed by atoms with Crippen molar-refractivity contribution in [2.45, 2.75) is 13.0 Å². The van der Waals surface area contributed by atoms with Crippen LogP contribution in [0.4, 0.5) is 5.69 Å². The number of nitrogens with zero attached hydrogens (tertiary/aromatic N) is 1. The van der Waals surface area contributed by atoms with E-state index in [1.807, 2.05) is 6.92 Å². The molecule has 0 aromatic heterocycles. The van der Waals surface area contributed by atoms with E-state index in [1.54, 1.807) is 66.7 Å². The molecule has 0 saturated carbocycles. The minimum atomic E-state index is -0.933. The molecule has 1 heterocycles. The zero-order chi connectivity index (χ0) is 23.5. The lowest BCUT2D eigenvalue weighted by Gasteiger charge is -2.26. The molecule has 0 radical (unpaired) electrons. The van der Waals surface area contributed by atoms with Crippen LogP contribution in [0.3, 0.4) is 0 Å². The third-order valence-electron chi connectivity index (χ3n) is 5.44. The van der Waals surface area contributed by atoms with Crippen molar-refractivity contribution in [2.24, 2.45) is 0 Å². The Kier molecular flexibility index (Phi) is 6.04. The molecule has 3 aromatic carbocycles. The smallest absolute Gasteiger partial charge is 0.300 e. The van der Waals surface area contributed by atoms with Crippen LogP contribution in [0.5, 0.6) is 17.2 Å². The molecule has 0 bridgehead atoms. The Labute approximate surface area is 191 Å². The molecule has 7 heteroatoms. The van der Waals surface area contributed by atoms with Crippen LogP contribution >= 0.6 is 0 Å². The van der Waals surface area contributed by atoms with Gasteiger partial charge in [0, 0.05) is 11.3 Å². The number of amides is 1. The largest absolute Gasteiger partial charge is 0.507 e. The fraction of sp³-hybridized carbons (Fsp3) is 0.154. The van der Waals surface area contributed by atoms with Gasteiger partial charge in [-0.1, -0.05) is 36.4 Å². The van der Waals surface area contributed by atoms with Gasteiger partial charge in [0.15, 0.2) is 11.5 Å². The molecule has 2 N–H and O–H groups in total. The summed E-state index contributed by atoms with van der Waals surface area (Å²) in [6.07, 6.45) is 0. The van der Waals surface area contributed by atoms with Gasteiger partial charge in [0.25, 0.3) is 11.7 Å². The van der Waals surface area contributed by atoms with Crippen molar-refractivity contribution >= 4 is 23.1 Å². The average Bonchev–Trinajstić information content (AvgIpc) is 3.10. The van der Waals surface area contributed by atoms with Crippen molar-refractivity contribution in [3.05, 3.63) is 89.5 Å². The number of rotatable bonds is 6. The zero-order valence-electron chi connectivity index (χ0n) is 18.2. The number of hydrogen-bond acceptors (Lipinski definition) is 6. The first-order valence-corrected chi connectivity index (χ1v) is 10.4. The summed E-state index contributed by atoms with van der Waals surface area (Å²) in [4.78, 5) is 27.7. The lowest BCUT2D eigenvalue weighted by atomic mass is 9.95. The van der Waals surface area contributed by atoms with Gasteiger partial charge in [-0.05, 0) is 48.9 Å². The molecule has 1 fully saturated rings. The first-order valence-electron chi connectivity index (χ1n) is 10.4. The van der Waals surface area contributed by atoms with E-state index in [2.05, 4.69) is 0 Å². The van der Waals surface area contributed by atoms with Crippen LogP contribution < -0.4 is 14.4 Å². The Morgan fingerprint density at radius 1 is 1.00 bits per heavy atom. The molecule has 1 aliphatic rings. The van der Waals surface area contributed by atoms with Gasteiger partial charge in [0.2, 0.25) is 0 Å². The lowest BCUT2D eigenvalue weighted by Crippen LogP contribution is -2.29. The molecule has 0 spiro atoms. The van der Waals surface area contributed by atoms with Crippen LogP contribution in [0.1, 0.15) is 24.1 Å². The number of aliphatic hydroxyl groups is 1. The van der Waals surface area contributed by atoms with Gasteiger partial charge in [-0.3, -0.25) is 14.5 Å². The summed E-state index contributed by atoms with van der Waals surface area (Å²) in [7, 11) is 1.41. The van der Waals surface area contributed by atoms with Crippen molar-refractivity contribution in [3.63, 3.8) is 0 Å². The number of ketones is 1. The summed E-state index contributed by atoms with van der Waals surface area (Å²) < 4.78 is 10.7. The van der Waals surface area contributed by atoms with Gasteiger partial charge in [0.1, 0.15) is 11.5 Å². The summed E-state index contributed by atoms with van der Waals surface area (Å²) in [5.74, 6) is -1.12. The highest BCUT2D eigenvalue weighted by Gasteiger charge is 2.47. The molecule has 4 rings (SSSR count). The highest BCUT2D eigenvalue weighted by Crippen LogP contribution is 2.44. The van der Waals surface area contributed by atoms with Crippen LogP contribution in [-0.4, -0.2) is 35.6 Å². The maximum Gasteiger partial charge on any atom is 0.300 e. The van der Waals surface area contributed by atoms with Crippen molar-refractivity contribution in [1.82, 2.24) is 0 Å². The zero-order valence-corrected chi connectivity index (χ0v) is 18.2. The molecular formula is C26H23NO6. The maximum absolute atomic E-state index is 13.2. The van der Waals surface area contributed by atoms with Crippen molar-refractivity contribution < 1.29 is 29.3 Å². The van der Waals surface area contributed by atoms with Crippen molar-refractivity contribution in [3.8, 4) is 17.2 Å². The number of carbonyl (C=O) groups is 2. The number of benzene rings is 3. The average molecular weight is 445 g/mol. The Morgan fingerprint density at radius 2 is 1.70 bits per heavy atom. The Hall–Kier alpha value is -4.26. The summed E-state index contributed by atoms with van der Waals surface area (Å²) in [6, 6.07) is 19.0. The van der Waals surface area contributed by atoms with E-state index < -0.39 is 17.7 Å². The van der Waals surface area contributed by atoms with Gasteiger partial charge in [-0.15, -0.1) is 0 Å². The number of aromatic hydroxyl groups is 1. The standard InChI is InChI=1S/C26H23NO6/c1-3-33-19-12-10-18(11-13-19)27-23(17-9-14-20(28)21(15-17)32-2)22(25(30)26(27)31)24(29)16-7-5-4-6-8-16/h4-15,23,28-29H,3H2,1-2H3/b24-22-. The summed E-state index contributed by atoms with van der Waals surface area (Å²) in [5.41, 5.74) is 1.32. The number of anilines is 1. The van der Waals surface area contributed by atoms with E-state index in [4.69, 9.17) is 9.47 Å². The summed E-state index contributed by atoms with van der Waals surface area (Å²) >= 11 is 0. The van der Waals surface area contributed by atoms with E-state index in [-0.39, 0.29) is 22.8 Å².